The van der Waals surface area contributed by atoms with E-state index in [0.717, 1.165) is 19.6 Å². The number of ether oxygens (including phenoxy) is 1. The lowest BCUT2D eigenvalue weighted by molar-refractivity contribution is -0.143. The van der Waals surface area contributed by atoms with Gasteiger partial charge in [0.2, 0.25) is 0 Å². The van der Waals surface area contributed by atoms with E-state index < -0.39 is 0 Å². The smallest absolute Gasteiger partial charge is 0.307 e. The molecule has 0 spiro atoms. The highest BCUT2D eigenvalue weighted by Gasteiger charge is 2.19. The van der Waals surface area contributed by atoms with Gasteiger partial charge in [-0.1, -0.05) is 37.6 Å². The molecule has 6 heteroatoms. The molecule has 134 valence electrons. The molecule has 0 aliphatic carbocycles. The Bertz CT molecular complexity index is 533. The van der Waals surface area contributed by atoms with Gasteiger partial charge in [-0.2, -0.15) is 0 Å². The molecule has 24 heavy (non-hydrogen) atoms. The SMILES string of the molecule is CCOC(=O)CCN(CCN(CC)CC)C(=O)c1ccccc1Cl. The Balaban J connectivity index is 2.81. The monoisotopic (exact) mass is 354 g/mol. The second-order valence-electron chi connectivity index (χ2n) is 5.35. The molecule has 0 atom stereocenters. The number of hydrogen-bond acceptors (Lipinski definition) is 4. The van der Waals surface area contributed by atoms with Crippen LogP contribution in [0, 0.1) is 0 Å². The third kappa shape index (κ3) is 6.49. The summed E-state index contributed by atoms with van der Waals surface area (Å²) in [7, 11) is 0. The van der Waals surface area contributed by atoms with Gasteiger partial charge in [0, 0.05) is 19.6 Å². The van der Waals surface area contributed by atoms with Crippen molar-refractivity contribution >= 4 is 23.5 Å². The topological polar surface area (TPSA) is 49.9 Å². The van der Waals surface area contributed by atoms with Crippen molar-refractivity contribution in [2.45, 2.75) is 27.2 Å². The molecule has 0 heterocycles. The lowest BCUT2D eigenvalue weighted by atomic mass is 10.2. The molecule has 0 N–H and O–H groups in total. The number of hydrogen-bond donors (Lipinski definition) is 0. The van der Waals surface area contributed by atoms with E-state index in [-0.39, 0.29) is 18.3 Å². The van der Waals surface area contributed by atoms with E-state index >= 15 is 0 Å². The third-order valence-electron chi connectivity index (χ3n) is 3.86. The first-order valence-electron chi connectivity index (χ1n) is 8.45. The van der Waals surface area contributed by atoms with Crippen molar-refractivity contribution < 1.29 is 14.3 Å². The van der Waals surface area contributed by atoms with Gasteiger partial charge in [0.25, 0.3) is 5.91 Å². The minimum Gasteiger partial charge on any atom is -0.466 e. The molecule has 1 aromatic rings. The first-order chi connectivity index (χ1) is 11.5. The molecule has 5 nitrogen and oxygen atoms in total. The van der Waals surface area contributed by atoms with Crippen molar-refractivity contribution in [1.82, 2.24) is 9.80 Å². The molecule has 1 rings (SSSR count). The fraction of sp³-hybridized carbons (Fsp3) is 0.556. The number of likely N-dealkylation sites (N-methyl/N-ethyl adjacent to an activating group) is 1. The number of benzene rings is 1. The zero-order chi connectivity index (χ0) is 17.9. The Morgan fingerprint density at radius 1 is 1.04 bits per heavy atom. The summed E-state index contributed by atoms with van der Waals surface area (Å²) >= 11 is 6.14. The average Bonchev–Trinajstić information content (AvgIpc) is 2.58. The summed E-state index contributed by atoms with van der Waals surface area (Å²) in [5, 5.41) is 0.423. The molecular formula is C18H27ClN2O3. The molecule has 0 bridgehead atoms. The van der Waals surface area contributed by atoms with Crippen LogP contribution < -0.4 is 0 Å². The molecule has 0 aliphatic heterocycles. The molecule has 1 aromatic carbocycles. The number of amides is 1. The lowest BCUT2D eigenvalue weighted by Crippen LogP contribution is -2.40. The Kier molecular flexibility index (Phi) is 9.42. The summed E-state index contributed by atoms with van der Waals surface area (Å²) in [6.07, 6.45) is 0.183. The van der Waals surface area contributed by atoms with Gasteiger partial charge in [0.05, 0.1) is 23.6 Å². The van der Waals surface area contributed by atoms with Crippen molar-refractivity contribution in [3.05, 3.63) is 34.9 Å². The van der Waals surface area contributed by atoms with Gasteiger partial charge in [-0.05, 0) is 32.1 Å². The molecule has 0 aliphatic rings. The molecule has 0 saturated heterocycles. The summed E-state index contributed by atoms with van der Waals surface area (Å²) in [5.41, 5.74) is 0.461. The molecule has 0 saturated carbocycles. The normalized spacial score (nSPS) is 10.7. The van der Waals surface area contributed by atoms with E-state index in [0.29, 0.717) is 30.3 Å². The van der Waals surface area contributed by atoms with Crippen LogP contribution in [0.15, 0.2) is 24.3 Å². The Morgan fingerprint density at radius 3 is 2.29 bits per heavy atom. The highest BCUT2D eigenvalue weighted by molar-refractivity contribution is 6.33. The van der Waals surface area contributed by atoms with Gasteiger partial charge in [-0.25, -0.2) is 0 Å². The maximum Gasteiger partial charge on any atom is 0.307 e. The van der Waals surface area contributed by atoms with E-state index in [1.54, 1.807) is 36.1 Å². The predicted molar refractivity (Wildman–Crippen MR) is 96.4 cm³/mol. The maximum absolute atomic E-state index is 12.8. The van der Waals surface area contributed by atoms with Crippen LogP contribution >= 0.6 is 11.6 Å². The lowest BCUT2D eigenvalue weighted by Gasteiger charge is -2.26. The van der Waals surface area contributed by atoms with Gasteiger partial charge >= 0.3 is 5.97 Å². The van der Waals surface area contributed by atoms with Crippen molar-refractivity contribution in [1.29, 1.82) is 0 Å². The Labute approximate surface area is 149 Å². The number of halogens is 1. The maximum atomic E-state index is 12.8. The number of rotatable bonds is 10. The van der Waals surface area contributed by atoms with Gasteiger partial charge in [0.1, 0.15) is 0 Å². The van der Waals surface area contributed by atoms with E-state index in [4.69, 9.17) is 16.3 Å². The van der Waals surface area contributed by atoms with Gasteiger partial charge < -0.3 is 14.5 Å². The Morgan fingerprint density at radius 2 is 1.71 bits per heavy atom. The van der Waals surface area contributed by atoms with E-state index in [2.05, 4.69) is 18.7 Å². The molecule has 1 amide bonds. The fourth-order valence-electron chi connectivity index (χ4n) is 2.38. The second kappa shape index (κ2) is 11.0. The second-order valence-corrected chi connectivity index (χ2v) is 5.76. The van der Waals surface area contributed by atoms with Gasteiger partial charge in [-0.3, -0.25) is 9.59 Å². The Hall–Kier alpha value is -1.59. The van der Waals surface area contributed by atoms with Gasteiger partial charge in [0.15, 0.2) is 0 Å². The van der Waals surface area contributed by atoms with Gasteiger partial charge in [-0.15, -0.1) is 0 Å². The standard InChI is InChI=1S/C18H27ClN2O3/c1-4-20(5-2)13-14-21(12-11-17(22)24-6-3)18(23)15-9-7-8-10-16(15)19/h7-10H,4-6,11-14H2,1-3H3. The fourth-order valence-corrected chi connectivity index (χ4v) is 2.60. The average molecular weight is 355 g/mol. The summed E-state index contributed by atoms with van der Waals surface area (Å²) in [6.45, 7) is 9.75. The summed E-state index contributed by atoms with van der Waals surface area (Å²) in [6, 6.07) is 6.98. The van der Waals surface area contributed by atoms with Crippen LogP contribution in [0.3, 0.4) is 0 Å². The molecule has 0 aromatic heterocycles. The van der Waals surface area contributed by atoms with Crippen molar-refractivity contribution in [3.63, 3.8) is 0 Å². The number of nitrogens with zero attached hydrogens (tertiary/aromatic N) is 2. The van der Waals surface area contributed by atoms with E-state index in [1.807, 2.05) is 0 Å². The number of carbonyl (C=O) groups is 2. The van der Waals surface area contributed by atoms with Crippen LogP contribution in [-0.4, -0.2) is 61.0 Å². The number of carbonyl (C=O) groups excluding carboxylic acids is 2. The van der Waals surface area contributed by atoms with Crippen molar-refractivity contribution in [2.24, 2.45) is 0 Å². The molecule has 0 radical (unpaired) electrons. The molecule has 0 unspecified atom stereocenters. The van der Waals surface area contributed by atoms with Crippen LogP contribution in [0.5, 0.6) is 0 Å². The van der Waals surface area contributed by atoms with Crippen LogP contribution in [0.25, 0.3) is 0 Å². The highest BCUT2D eigenvalue weighted by Crippen LogP contribution is 2.17. The predicted octanol–water partition coefficient (Wildman–Crippen LogP) is 3.08. The van der Waals surface area contributed by atoms with Crippen LogP contribution in [-0.2, 0) is 9.53 Å². The quantitative estimate of drug-likeness (QED) is 0.606. The minimum absolute atomic E-state index is 0.156. The summed E-state index contributed by atoms with van der Waals surface area (Å²) < 4.78 is 4.96. The zero-order valence-corrected chi connectivity index (χ0v) is 15.5. The van der Waals surface area contributed by atoms with Crippen molar-refractivity contribution in [2.75, 3.05) is 39.3 Å². The molecular weight excluding hydrogens is 328 g/mol. The first kappa shape index (κ1) is 20.5. The summed E-state index contributed by atoms with van der Waals surface area (Å²) in [4.78, 5) is 28.3. The summed E-state index contributed by atoms with van der Waals surface area (Å²) in [5.74, 6) is -0.450. The van der Waals surface area contributed by atoms with Crippen molar-refractivity contribution in [3.8, 4) is 0 Å². The first-order valence-corrected chi connectivity index (χ1v) is 8.82. The zero-order valence-electron chi connectivity index (χ0n) is 14.8. The van der Waals surface area contributed by atoms with Crippen LogP contribution in [0.2, 0.25) is 5.02 Å². The molecule has 0 fully saturated rings. The van der Waals surface area contributed by atoms with Crippen LogP contribution in [0.1, 0.15) is 37.6 Å². The minimum atomic E-state index is -0.294. The van der Waals surface area contributed by atoms with E-state index in [1.165, 1.54) is 0 Å². The largest absolute Gasteiger partial charge is 0.466 e. The van der Waals surface area contributed by atoms with Crippen LogP contribution in [0.4, 0.5) is 0 Å². The highest BCUT2D eigenvalue weighted by atomic mass is 35.5. The third-order valence-corrected chi connectivity index (χ3v) is 4.19. The number of esters is 1. The van der Waals surface area contributed by atoms with E-state index in [9.17, 15) is 9.59 Å².